The SMILES string of the molecule is NC(=O)C1CC(=O)N(c2c(F)cc(F)cc2Cl)C1. The summed E-state index contributed by atoms with van der Waals surface area (Å²) in [5.41, 5.74) is 4.88. The van der Waals surface area contributed by atoms with Crippen LogP contribution in [0.1, 0.15) is 6.42 Å². The number of nitrogens with zero attached hydrogens (tertiary/aromatic N) is 1. The number of carbonyl (C=O) groups is 2. The van der Waals surface area contributed by atoms with Crippen molar-refractivity contribution in [3.8, 4) is 0 Å². The highest BCUT2D eigenvalue weighted by Gasteiger charge is 2.36. The minimum Gasteiger partial charge on any atom is -0.369 e. The van der Waals surface area contributed by atoms with Crippen molar-refractivity contribution >= 4 is 29.1 Å². The number of halogens is 3. The van der Waals surface area contributed by atoms with Gasteiger partial charge in [-0.1, -0.05) is 11.6 Å². The Bertz CT molecular complexity index is 513. The van der Waals surface area contributed by atoms with Crippen molar-refractivity contribution in [3.05, 3.63) is 28.8 Å². The fourth-order valence-electron chi connectivity index (χ4n) is 1.91. The number of hydrogen-bond acceptors (Lipinski definition) is 2. The highest BCUT2D eigenvalue weighted by molar-refractivity contribution is 6.34. The van der Waals surface area contributed by atoms with Crippen LogP contribution in [0.5, 0.6) is 0 Å². The quantitative estimate of drug-likeness (QED) is 0.887. The van der Waals surface area contributed by atoms with Gasteiger partial charge in [0.1, 0.15) is 5.82 Å². The second-order valence-electron chi connectivity index (χ2n) is 4.03. The summed E-state index contributed by atoms with van der Waals surface area (Å²) in [7, 11) is 0. The Balaban J connectivity index is 2.39. The third kappa shape index (κ3) is 2.15. The molecule has 0 aliphatic carbocycles. The molecule has 96 valence electrons. The Labute approximate surface area is 106 Å². The zero-order valence-electron chi connectivity index (χ0n) is 9.12. The van der Waals surface area contributed by atoms with Gasteiger partial charge in [0, 0.05) is 19.0 Å². The number of nitrogens with two attached hydrogens (primary N) is 1. The second-order valence-corrected chi connectivity index (χ2v) is 4.43. The largest absolute Gasteiger partial charge is 0.369 e. The van der Waals surface area contributed by atoms with Gasteiger partial charge in [0.25, 0.3) is 0 Å². The number of hydrogen-bond donors (Lipinski definition) is 1. The first-order valence-corrected chi connectivity index (χ1v) is 5.52. The van der Waals surface area contributed by atoms with Gasteiger partial charge < -0.3 is 10.6 Å². The molecule has 7 heteroatoms. The van der Waals surface area contributed by atoms with Crippen LogP contribution in [0.3, 0.4) is 0 Å². The van der Waals surface area contributed by atoms with Crippen molar-refractivity contribution in [1.29, 1.82) is 0 Å². The highest BCUT2D eigenvalue weighted by Crippen LogP contribution is 2.34. The lowest BCUT2D eigenvalue weighted by molar-refractivity contribution is -0.123. The number of benzene rings is 1. The average molecular weight is 275 g/mol. The summed E-state index contributed by atoms with van der Waals surface area (Å²) < 4.78 is 26.5. The van der Waals surface area contributed by atoms with Crippen LogP contribution in [0.2, 0.25) is 5.02 Å². The third-order valence-electron chi connectivity index (χ3n) is 2.78. The zero-order valence-corrected chi connectivity index (χ0v) is 9.88. The van der Waals surface area contributed by atoms with Crippen LogP contribution in [-0.2, 0) is 9.59 Å². The Morgan fingerprint density at radius 2 is 2.11 bits per heavy atom. The van der Waals surface area contributed by atoms with Crippen LogP contribution >= 0.6 is 11.6 Å². The fourth-order valence-corrected chi connectivity index (χ4v) is 2.20. The number of rotatable bonds is 2. The Morgan fingerprint density at radius 1 is 1.44 bits per heavy atom. The average Bonchev–Trinajstić information content (AvgIpc) is 2.59. The van der Waals surface area contributed by atoms with E-state index in [0.717, 1.165) is 11.0 Å². The smallest absolute Gasteiger partial charge is 0.227 e. The molecule has 1 heterocycles. The van der Waals surface area contributed by atoms with Crippen LogP contribution in [0.4, 0.5) is 14.5 Å². The first-order chi connectivity index (χ1) is 8.40. The van der Waals surface area contributed by atoms with E-state index in [1.807, 2.05) is 0 Å². The molecule has 0 bridgehead atoms. The molecular weight excluding hydrogens is 266 g/mol. The number of primary amides is 1. The number of anilines is 1. The molecule has 4 nitrogen and oxygen atoms in total. The predicted molar refractivity (Wildman–Crippen MR) is 61.0 cm³/mol. The van der Waals surface area contributed by atoms with E-state index in [4.69, 9.17) is 17.3 Å². The summed E-state index contributed by atoms with van der Waals surface area (Å²) in [6, 6.07) is 1.54. The molecule has 0 radical (unpaired) electrons. The monoisotopic (exact) mass is 274 g/mol. The first-order valence-electron chi connectivity index (χ1n) is 5.14. The van der Waals surface area contributed by atoms with E-state index in [0.29, 0.717) is 6.07 Å². The molecule has 1 fully saturated rings. The molecule has 2 rings (SSSR count). The lowest BCUT2D eigenvalue weighted by atomic mass is 10.1. The minimum atomic E-state index is -0.946. The van der Waals surface area contributed by atoms with Crippen molar-refractivity contribution in [3.63, 3.8) is 0 Å². The first kappa shape index (κ1) is 12.8. The maximum Gasteiger partial charge on any atom is 0.227 e. The standard InChI is InChI=1S/C11H9ClF2N2O2/c12-7-2-6(13)3-8(14)10(7)16-4-5(11(15)18)1-9(16)17/h2-3,5H,1,4H2,(H2,15,18). The van der Waals surface area contributed by atoms with E-state index in [1.54, 1.807) is 0 Å². The summed E-state index contributed by atoms with van der Waals surface area (Å²) in [6.45, 7) is -0.0452. The van der Waals surface area contributed by atoms with Crippen LogP contribution in [-0.4, -0.2) is 18.4 Å². The third-order valence-corrected chi connectivity index (χ3v) is 3.07. The molecule has 1 aromatic rings. The minimum absolute atomic E-state index is 0.0452. The molecule has 1 saturated heterocycles. The Kier molecular flexibility index (Phi) is 3.21. The van der Waals surface area contributed by atoms with Gasteiger partial charge in [-0.25, -0.2) is 8.78 Å². The van der Waals surface area contributed by atoms with Gasteiger partial charge in [-0.3, -0.25) is 9.59 Å². The predicted octanol–water partition coefficient (Wildman–Crippen LogP) is 1.46. The van der Waals surface area contributed by atoms with E-state index < -0.39 is 29.4 Å². The summed E-state index contributed by atoms with van der Waals surface area (Å²) in [6.07, 6.45) is -0.0948. The normalized spacial score (nSPS) is 19.4. The van der Waals surface area contributed by atoms with Gasteiger partial charge in [-0.05, 0) is 6.07 Å². The van der Waals surface area contributed by atoms with Crippen molar-refractivity contribution in [1.82, 2.24) is 0 Å². The van der Waals surface area contributed by atoms with Crippen LogP contribution in [0.25, 0.3) is 0 Å². The second kappa shape index (κ2) is 4.53. The Hall–Kier alpha value is -1.69. The van der Waals surface area contributed by atoms with Crippen molar-refractivity contribution in [2.24, 2.45) is 11.7 Å². The van der Waals surface area contributed by atoms with Crippen LogP contribution < -0.4 is 10.6 Å². The number of amides is 2. The molecule has 1 aliphatic heterocycles. The van der Waals surface area contributed by atoms with E-state index in [9.17, 15) is 18.4 Å². The maximum atomic E-state index is 13.6. The van der Waals surface area contributed by atoms with Gasteiger partial charge in [0.05, 0.1) is 16.6 Å². The molecule has 2 N–H and O–H groups in total. The van der Waals surface area contributed by atoms with E-state index in [1.165, 1.54) is 0 Å². The molecule has 1 unspecified atom stereocenters. The fraction of sp³-hybridized carbons (Fsp3) is 0.273. The topological polar surface area (TPSA) is 63.4 Å². The van der Waals surface area contributed by atoms with Gasteiger partial charge in [0.2, 0.25) is 11.8 Å². The van der Waals surface area contributed by atoms with Gasteiger partial charge in [0.15, 0.2) is 5.82 Å². The zero-order chi connectivity index (χ0) is 13.4. The van der Waals surface area contributed by atoms with Gasteiger partial charge in [-0.2, -0.15) is 0 Å². The van der Waals surface area contributed by atoms with E-state index >= 15 is 0 Å². The van der Waals surface area contributed by atoms with E-state index in [2.05, 4.69) is 0 Å². The van der Waals surface area contributed by atoms with Crippen molar-refractivity contribution in [2.45, 2.75) is 6.42 Å². The molecule has 1 aliphatic rings. The molecule has 2 amide bonds. The van der Waals surface area contributed by atoms with Crippen molar-refractivity contribution in [2.75, 3.05) is 11.4 Å². The molecular formula is C11H9ClF2N2O2. The molecule has 0 spiro atoms. The van der Waals surface area contributed by atoms with Crippen molar-refractivity contribution < 1.29 is 18.4 Å². The number of carbonyl (C=O) groups excluding carboxylic acids is 2. The van der Waals surface area contributed by atoms with Crippen LogP contribution in [0.15, 0.2) is 12.1 Å². The lowest BCUT2D eigenvalue weighted by Crippen LogP contribution is -2.29. The highest BCUT2D eigenvalue weighted by atomic mass is 35.5. The summed E-state index contributed by atoms with van der Waals surface area (Å²) >= 11 is 5.72. The summed E-state index contributed by atoms with van der Waals surface area (Å²) in [5.74, 6) is -3.56. The molecule has 1 atom stereocenters. The Morgan fingerprint density at radius 3 is 2.61 bits per heavy atom. The molecule has 0 saturated carbocycles. The molecule has 1 aromatic carbocycles. The summed E-state index contributed by atoms with van der Waals surface area (Å²) in [4.78, 5) is 23.7. The molecule has 18 heavy (non-hydrogen) atoms. The van der Waals surface area contributed by atoms with Gasteiger partial charge in [-0.15, -0.1) is 0 Å². The van der Waals surface area contributed by atoms with Gasteiger partial charge >= 0.3 is 0 Å². The molecule has 0 aromatic heterocycles. The van der Waals surface area contributed by atoms with E-state index in [-0.39, 0.29) is 23.7 Å². The maximum absolute atomic E-state index is 13.6. The lowest BCUT2D eigenvalue weighted by Gasteiger charge is -2.18. The summed E-state index contributed by atoms with van der Waals surface area (Å²) in [5, 5.41) is -0.217. The van der Waals surface area contributed by atoms with Crippen LogP contribution in [0, 0.1) is 17.6 Å².